The van der Waals surface area contributed by atoms with Crippen molar-refractivity contribution in [2.75, 3.05) is 7.11 Å². The van der Waals surface area contributed by atoms with Crippen LogP contribution in [0.25, 0.3) is 22.1 Å². The first kappa shape index (κ1) is 14.4. The van der Waals surface area contributed by atoms with Crippen LogP contribution < -0.4 is 10.2 Å². The van der Waals surface area contributed by atoms with Crippen molar-refractivity contribution in [2.24, 2.45) is 0 Å². The molecule has 3 heteroatoms. The summed E-state index contributed by atoms with van der Waals surface area (Å²) in [7, 11) is 1.64. The molecule has 0 fully saturated rings. The summed E-state index contributed by atoms with van der Waals surface area (Å²) in [5.74, 6) is 0.768. The summed E-state index contributed by atoms with van der Waals surface area (Å²) in [5.41, 5.74) is 3.04. The summed E-state index contributed by atoms with van der Waals surface area (Å²) in [6.07, 6.45) is 3.39. The third kappa shape index (κ3) is 2.50. The van der Waals surface area contributed by atoms with Gasteiger partial charge in [-0.05, 0) is 23.6 Å². The van der Waals surface area contributed by atoms with Crippen molar-refractivity contribution < 1.29 is 9.15 Å². The second-order valence-electron chi connectivity index (χ2n) is 5.25. The van der Waals surface area contributed by atoms with Crippen molar-refractivity contribution in [3.63, 3.8) is 0 Å². The van der Waals surface area contributed by atoms with Gasteiger partial charge < -0.3 is 9.15 Å². The first-order valence-corrected chi connectivity index (χ1v) is 7.42. The minimum atomic E-state index is -0.00699. The van der Waals surface area contributed by atoms with Crippen LogP contribution in [0.4, 0.5) is 0 Å². The summed E-state index contributed by atoms with van der Waals surface area (Å²) in [5, 5.41) is 0.602. The lowest BCUT2D eigenvalue weighted by atomic mass is 10.0. The fourth-order valence-corrected chi connectivity index (χ4v) is 2.67. The molecule has 0 saturated heterocycles. The van der Waals surface area contributed by atoms with Crippen molar-refractivity contribution in [3.8, 4) is 16.9 Å². The molecular formula is C19H18O3. The molecule has 1 aromatic heterocycles. The normalized spacial score (nSPS) is 10.8. The van der Waals surface area contributed by atoms with E-state index in [0.29, 0.717) is 16.5 Å². The predicted octanol–water partition coefficient (Wildman–Crippen LogP) is 4.42. The number of rotatable bonds is 4. The molecule has 0 bridgehead atoms. The van der Waals surface area contributed by atoms with Crippen LogP contribution in [0.2, 0.25) is 0 Å². The molecule has 0 N–H and O–H groups in total. The van der Waals surface area contributed by atoms with Gasteiger partial charge in [-0.25, -0.2) is 0 Å². The number of benzene rings is 2. The van der Waals surface area contributed by atoms with Gasteiger partial charge in [0.25, 0.3) is 0 Å². The number of fused-ring (bicyclic) bond motifs is 1. The van der Waals surface area contributed by atoms with Crippen LogP contribution in [0.1, 0.15) is 18.9 Å². The van der Waals surface area contributed by atoms with Crippen molar-refractivity contribution >= 4 is 11.0 Å². The summed E-state index contributed by atoms with van der Waals surface area (Å²) < 4.78 is 11.1. The summed E-state index contributed by atoms with van der Waals surface area (Å²) in [4.78, 5) is 12.8. The predicted molar refractivity (Wildman–Crippen MR) is 88.5 cm³/mol. The Morgan fingerprint density at radius 1 is 1.14 bits per heavy atom. The number of hydrogen-bond acceptors (Lipinski definition) is 3. The van der Waals surface area contributed by atoms with Crippen LogP contribution in [0, 0.1) is 0 Å². The third-order valence-electron chi connectivity index (χ3n) is 3.78. The van der Waals surface area contributed by atoms with Gasteiger partial charge in [0.1, 0.15) is 17.6 Å². The molecule has 1 heterocycles. The Kier molecular flexibility index (Phi) is 3.96. The van der Waals surface area contributed by atoms with Crippen LogP contribution in [-0.2, 0) is 6.42 Å². The van der Waals surface area contributed by atoms with E-state index in [0.717, 1.165) is 29.7 Å². The largest absolute Gasteiger partial charge is 0.496 e. The zero-order valence-electron chi connectivity index (χ0n) is 12.8. The summed E-state index contributed by atoms with van der Waals surface area (Å²) in [6.45, 7) is 2.10. The molecular weight excluding hydrogens is 276 g/mol. The minimum Gasteiger partial charge on any atom is -0.496 e. The highest BCUT2D eigenvalue weighted by atomic mass is 16.5. The van der Waals surface area contributed by atoms with Crippen LogP contribution in [0.3, 0.4) is 0 Å². The maximum absolute atomic E-state index is 12.8. The second-order valence-corrected chi connectivity index (χ2v) is 5.25. The van der Waals surface area contributed by atoms with E-state index in [9.17, 15) is 4.79 Å². The summed E-state index contributed by atoms with van der Waals surface area (Å²) in [6, 6.07) is 13.3. The van der Waals surface area contributed by atoms with E-state index in [-0.39, 0.29) is 5.43 Å². The van der Waals surface area contributed by atoms with Crippen molar-refractivity contribution in [1.82, 2.24) is 0 Å². The second kappa shape index (κ2) is 6.06. The molecule has 0 aliphatic carbocycles. The molecule has 0 aliphatic rings. The molecule has 112 valence electrons. The van der Waals surface area contributed by atoms with Gasteiger partial charge in [-0.3, -0.25) is 4.79 Å². The third-order valence-corrected chi connectivity index (χ3v) is 3.78. The van der Waals surface area contributed by atoms with E-state index < -0.39 is 0 Å². The van der Waals surface area contributed by atoms with E-state index >= 15 is 0 Å². The molecule has 0 atom stereocenters. The van der Waals surface area contributed by atoms with Crippen molar-refractivity contribution in [3.05, 3.63) is 64.5 Å². The zero-order chi connectivity index (χ0) is 15.5. The standard InChI is InChI=1S/C19H18O3/c1-3-7-14-10-15-18(11-17(14)21-2)22-12-16(19(15)20)13-8-5-4-6-9-13/h4-6,8-12H,3,7H2,1-2H3. The lowest BCUT2D eigenvalue weighted by molar-refractivity contribution is 0.409. The number of ether oxygens (including phenoxy) is 1. The van der Waals surface area contributed by atoms with Gasteiger partial charge in [-0.2, -0.15) is 0 Å². The molecule has 0 amide bonds. The molecule has 0 saturated carbocycles. The fourth-order valence-electron chi connectivity index (χ4n) is 2.67. The van der Waals surface area contributed by atoms with E-state index in [1.54, 1.807) is 13.2 Å². The van der Waals surface area contributed by atoms with Gasteiger partial charge in [-0.1, -0.05) is 43.7 Å². The lowest BCUT2D eigenvalue weighted by Gasteiger charge is -2.09. The lowest BCUT2D eigenvalue weighted by Crippen LogP contribution is -2.06. The maximum Gasteiger partial charge on any atom is 0.200 e. The monoisotopic (exact) mass is 294 g/mol. The van der Waals surface area contributed by atoms with Gasteiger partial charge in [-0.15, -0.1) is 0 Å². The average molecular weight is 294 g/mol. The maximum atomic E-state index is 12.8. The SMILES string of the molecule is CCCc1cc2c(=O)c(-c3ccccc3)coc2cc1OC. The van der Waals surface area contributed by atoms with Gasteiger partial charge in [0, 0.05) is 6.07 Å². The van der Waals surface area contributed by atoms with Crippen molar-refractivity contribution in [2.45, 2.75) is 19.8 Å². The molecule has 0 unspecified atom stereocenters. The van der Waals surface area contributed by atoms with E-state index in [2.05, 4.69) is 6.92 Å². The Labute approximate surface area is 129 Å². The molecule has 0 spiro atoms. The minimum absolute atomic E-state index is 0.00699. The van der Waals surface area contributed by atoms with Gasteiger partial charge >= 0.3 is 0 Å². The van der Waals surface area contributed by atoms with Crippen LogP contribution in [0.5, 0.6) is 5.75 Å². The molecule has 3 rings (SSSR count). The van der Waals surface area contributed by atoms with Crippen LogP contribution in [0.15, 0.2) is 57.9 Å². The Balaban J connectivity index is 2.24. The van der Waals surface area contributed by atoms with E-state index in [1.165, 1.54) is 6.26 Å². The Morgan fingerprint density at radius 2 is 1.91 bits per heavy atom. The first-order valence-electron chi connectivity index (χ1n) is 7.42. The highest BCUT2D eigenvalue weighted by Crippen LogP contribution is 2.27. The average Bonchev–Trinajstić information content (AvgIpc) is 2.56. The topological polar surface area (TPSA) is 39.4 Å². The van der Waals surface area contributed by atoms with E-state index in [1.807, 2.05) is 36.4 Å². The molecule has 22 heavy (non-hydrogen) atoms. The van der Waals surface area contributed by atoms with Gasteiger partial charge in [0.05, 0.1) is 18.1 Å². The molecule has 3 nitrogen and oxygen atoms in total. The Bertz CT molecular complexity index is 848. The number of hydrogen-bond donors (Lipinski definition) is 0. The molecule has 2 aromatic carbocycles. The number of methoxy groups -OCH3 is 1. The smallest absolute Gasteiger partial charge is 0.200 e. The molecule has 0 radical (unpaired) electrons. The Morgan fingerprint density at radius 3 is 2.59 bits per heavy atom. The fraction of sp³-hybridized carbons (Fsp3) is 0.211. The van der Waals surface area contributed by atoms with Crippen LogP contribution >= 0.6 is 0 Å². The Hall–Kier alpha value is -2.55. The van der Waals surface area contributed by atoms with Gasteiger partial charge in [0.15, 0.2) is 0 Å². The molecule has 0 aliphatic heterocycles. The summed E-state index contributed by atoms with van der Waals surface area (Å²) >= 11 is 0. The highest BCUT2D eigenvalue weighted by molar-refractivity contribution is 5.83. The number of aryl methyl sites for hydroxylation is 1. The van der Waals surface area contributed by atoms with E-state index in [4.69, 9.17) is 9.15 Å². The van der Waals surface area contributed by atoms with Crippen LogP contribution in [-0.4, -0.2) is 7.11 Å². The quantitative estimate of drug-likeness (QED) is 0.715. The highest BCUT2D eigenvalue weighted by Gasteiger charge is 2.12. The van der Waals surface area contributed by atoms with Gasteiger partial charge in [0.2, 0.25) is 5.43 Å². The van der Waals surface area contributed by atoms with Crippen molar-refractivity contribution in [1.29, 1.82) is 0 Å². The molecule has 3 aromatic rings. The first-order chi connectivity index (χ1) is 10.7. The zero-order valence-corrected chi connectivity index (χ0v) is 12.8.